The molecule has 1 amide bonds. The largest absolute Gasteiger partial charge is 0.493 e. The minimum Gasteiger partial charge on any atom is -0.493 e. The van der Waals surface area contributed by atoms with E-state index in [1.165, 1.54) is 25.6 Å². The zero-order chi connectivity index (χ0) is 22.7. The molecule has 1 fully saturated rings. The van der Waals surface area contributed by atoms with E-state index in [0.29, 0.717) is 59.8 Å². The van der Waals surface area contributed by atoms with Crippen molar-refractivity contribution in [3.05, 3.63) is 47.5 Å². The Balaban J connectivity index is 1.59. The maximum atomic E-state index is 13.5. The highest BCUT2D eigenvalue weighted by Gasteiger charge is 2.25. The number of piperidine rings is 1. The molecule has 1 N–H and O–H groups in total. The summed E-state index contributed by atoms with van der Waals surface area (Å²) in [4.78, 5) is 22.0. The lowest BCUT2D eigenvalue weighted by atomic mass is 10.1. The molecule has 3 aromatic rings. The zero-order valence-corrected chi connectivity index (χ0v) is 18.4. The summed E-state index contributed by atoms with van der Waals surface area (Å²) in [5, 5.41) is 3.87. The third-order valence-corrected chi connectivity index (χ3v) is 5.56. The average molecular weight is 461 g/mol. The number of carbonyl (C=O) groups is 1. The van der Waals surface area contributed by atoms with Crippen molar-refractivity contribution < 1.29 is 23.4 Å². The van der Waals surface area contributed by atoms with E-state index in [4.69, 9.17) is 25.8 Å². The molecule has 0 saturated carbocycles. The minimum absolute atomic E-state index is 0.0114. The number of benzene rings is 2. The Morgan fingerprint density at radius 2 is 1.94 bits per heavy atom. The predicted octanol–water partition coefficient (Wildman–Crippen LogP) is 4.78. The molecule has 1 aromatic heterocycles. The smallest absolute Gasteiger partial charge is 0.409 e. The van der Waals surface area contributed by atoms with Gasteiger partial charge in [-0.05, 0) is 24.3 Å². The van der Waals surface area contributed by atoms with E-state index in [1.807, 2.05) is 6.07 Å². The molecule has 8 nitrogen and oxygen atoms in total. The Labute approximate surface area is 189 Å². The SMILES string of the molecule is COC(=O)N1CCC(Oc2cc3c(Nc4ccc(F)c(Cl)c4)ncnc3cc2OC)CC1. The Bertz CT molecular complexity index is 1140. The lowest BCUT2D eigenvalue weighted by Gasteiger charge is -2.31. The van der Waals surface area contributed by atoms with Gasteiger partial charge in [-0.2, -0.15) is 0 Å². The van der Waals surface area contributed by atoms with Crippen LogP contribution in [-0.2, 0) is 4.74 Å². The molecule has 0 spiro atoms. The quantitative estimate of drug-likeness (QED) is 0.586. The normalized spacial score (nSPS) is 14.3. The van der Waals surface area contributed by atoms with Gasteiger partial charge in [0.05, 0.1) is 24.8 Å². The van der Waals surface area contributed by atoms with E-state index in [-0.39, 0.29) is 17.2 Å². The van der Waals surface area contributed by atoms with Crippen LogP contribution >= 0.6 is 11.6 Å². The van der Waals surface area contributed by atoms with Crippen LogP contribution in [0.25, 0.3) is 10.9 Å². The van der Waals surface area contributed by atoms with Crippen LogP contribution in [0.1, 0.15) is 12.8 Å². The van der Waals surface area contributed by atoms with Gasteiger partial charge in [0, 0.05) is 43.1 Å². The molecular formula is C22H22ClFN4O4. The first kappa shape index (κ1) is 21.9. The third-order valence-electron chi connectivity index (χ3n) is 5.27. The van der Waals surface area contributed by atoms with Crippen LogP contribution in [0.2, 0.25) is 5.02 Å². The summed E-state index contributed by atoms with van der Waals surface area (Å²) in [6.45, 7) is 1.10. The number of nitrogens with one attached hydrogen (secondary N) is 1. The number of fused-ring (bicyclic) bond motifs is 1. The standard InChI is InChI=1S/C22H22ClFN4O4/c1-30-19-11-18-15(10-20(19)32-14-5-7-28(8-6-14)22(29)31-2)21(26-12-25-18)27-13-3-4-17(24)16(23)9-13/h3-4,9-12,14H,5-8H2,1-2H3,(H,25,26,27). The van der Waals surface area contributed by atoms with Crippen LogP contribution in [-0.4, -0.2) is 54.4 Å². The molecule has 32 heavy (non-hydrogen) atoms. The average Bonchev–Trinajstić information content (AvgIpc) is 2.81. The van der Waals surface area contributed by atoms with Crippen molar-refractivity contribution in [2.45, 2.75) is 18.9 Å². The van der Waals surface area contributed by atoms with Crippen molar-refractivity contribution in [3.8, 4) is 11.5 Å². The van der Waals surface area contributed by atoms with Crippen molar-refractivity contribution in [1.82, 2.24) is 14.9 Å². The fourth-order valence-electron chi connectivity index (χ4n) is 3.59. The first-order valence-corrected chi connectivity index (χ1v) is 10.4. The molecule has 168 valence electrons. The molecule has 4 rings (SSSR count). The Hall–Kier alpha value is -3.33. The summed E-state index contributed by atoms with van der Waals surface area (Å²) in [6.07, 6.45) is 2.35. The number of carbonyl (C=O) groups excluding carboxylic acids is 1. The molecule has 1 aliphatic rings. The zero-order valence-electron chi connectivity index (χ0n) is 17.6. The predicted molar refractivity (Wildman–Crippen MR) is 118 cm³/mol. The third kappa shape index (κ3) is 4.62. The molecule has 0 atom stereocenters. The minimum atomic E-state index is -0.497. The number of ether oxygens (including phenoxy) is 3. The Morgan fingerprint density at radius 3 is 2.62 bits per heavy atom. The number of rotatable bonds is 5. The van der Waals surface area contributed by atoms with Crippen molar-refractivity contribution in [3.63, 3.8) is 0 Å². The van der Waals surface area contributed by atoms with E-state index in [0.717, 1.165) is 0 Å². The molecular weight excluding hydrogens is 439 g/mol. The molecule has 10 heteroatoms. The van der Waals surface area contributed by atoms with Crippen LogP contribution < -0.4 is 14.8 Å². The topological polar surface area (TPSA) is 85.8 Å². The highest BCUT2D eigenvalue weighted by atomic mass is 35.5. The number of methoxy groups -OCH3 is 2. The number of anilines is 2. The number of hydrogen-bond acceptors (Lipinski definition) is 7. The van der Waals surface area contributed by atoms with Gasteiger partial charge in [0.1, 0.15) is 24.1 Å². The second-order valence-electron chi connectivity index (χ2n) is 7.27. The lowest BCUT2D eigenvalue weighted by molar-refractivity contribution is 0.0779. The summed E-state index contributed by atoms with van der Waals surface area (Å²) in [5.41, 5.74) is 1.24. The Morgan fingerprint density at radius 1 is 1.16 bits per heavy atom. The number of hydrogen-bond donors (Lipinski definition) is 1. The first-order chi connectivity index (χ1) is 15.5. The highest BCUT2D eigenvalue weighted by molar-refractivity contribution is 6.31. The van der Waals surface area contributed by atoms with Gasteiger partial charge in [0.15, 0.2) is 11.5 Å². The van der Waals surface area contributed by atoms with Gasteiger partial charge in [-0.15, -0.1) is 0 Å². The van der Waals surface area contributed by atoms with Gasteiger partial charge < -0.3 is 24.4 Å². The molecule has 0 aliphatic carbocycles. The van der Waals surface area contributed by atoms with Gasteiger partial charge in [-0.3, -0.25) is 0 Å². The van der Waals surface area contributed by atoms with E-state index in [2.05, 4.69) is 15.3 Å². The highest BCUT2D eigenvalue weighted by Crippen LogP contribution is 2.36. The van der Waals surface area contributed by atoms with Crippen LogP contribution in [0.15, 0.2) is 36.7 Å². The fraction of sp³-hybridized carbons (Fsp3) is 0.318. The summed E-state index contributed by atoms with van der Waals surface area (Å²) in [7, 11) is 2.94. The molecule has 0 unspecified atom stereocenters. The van der Waals surface area contributed by atoms with Crippen molar-refractivity contribution in [2.24, 2.45) is 0 Å². The van der Waals surface area contributed by atoms with Crippen molar-refractivity contribution >= 4 is 40.1 Å². The monoisotopic (exact) mass is 460 g/mol. The van der Waals surface area contributed by atoms with Gasteiger partial charge in [-0.25, -0.2) is 19.2 Å². The van der Waals surface area contributed by atoms with E-state index < -0.39 is 5.82 Å². The fourth-order valence-corrected chi connectivity index (χ4v) is 3.77. The molecule has 2 aromatic carbocycles. The van der Waals surface area contributed by atoms with Crippen molar-refractivity contribution in [1.29, 1.82) is 0 Å². The summed E-state index contributed by atoms with van der Waals surface area (Å²) in [6, 6.07) is 7.94. The van der Waals surface area contributed by atoms with Gasteiger partial charge in [-0.1, -0.05) is 11.6 Å². The van der Waals surface area contributed by atoms with Crippen LogP contribution in [0, 0.1) is 5.82 Å². The summed E-state index contributed by atoms with van der Waals surface area (Å²) >= 11 is 5.89. The number of halogens is 2. The van der Waals surface area contributed by atoms with Crippen LogP contribution in [0.5, 0.6) is 11.5 Å². The summed E-state index contributed by atoms with van der Waals surface area (Å²) < 4.78 is 30.0. The van der Waals surface area contributed by atoms with Gasteiger partial charge >= 0.3 is 6.09 Å². The second-order valence-corrected chi connectivity index (χ2v) is 7.68. The molecule has 1 aliphatic heterocycles. The first-order valence-electron chi connectivity index (χ1n) is 10.0. The number of likely N-dealkylation sites (tertiary alicyclic amines) is 1. The van der Waals surface area contributed by atoms with Crippen molar-refractivity contribution in [2.75, 3.05) is 32.6 Å². The van der Waals surface area contributed by atoms with Gasteiger partial charge in [0.2, 0.25) is 0 Å². The number of nitrogens with zero attached hydrogens (tertiary/aromatic N) is 3. The van der Waals surface area contributed by atoms with Gasteiger partial charge in [0.25, 0.3) is 0 Å². The lowest BCUT2D eigenvalue weighted by Crippen LogP contribution is -2.41. The maximum Gasteiger partial charge on any atom is 0.409 e. The van der Waals surface area contributed by atoms with E-state index in [9.17, 15) is 9.18 Å². The Kier molecular flexibility index (Phi) is 6.45. The van der Waals surface area contributed by atoms with E-state index >= 15 is 0 Å². The maximum absolute atomic E-state index is 13.5. The second kappa shape index (κ2) is 9.44. The number of amides is 1. The number of aromatic nitrogens is 2. The molecule has 2 heterocycles. The molecule has 0 radical (unpaired) electrons. The van der Waals surface area contributed by atoms with Crippen LogP contribution in [0.4, 0.5) is 20.7 Å². The molecule has 0 bridgehead atoms. The van der Waals surface area contributed by atoms with E-state index in [1.54, 1.807) is 24.1 Å². The molecule has 1 saturated heterocycles. The van der Waals surface area contributed by atoms with Crippen LogP contribution in [0.3, 0.4) is 0 Å². The summed E-state index contributed by atoms with van der Waals surface area (Å²) in [5.74, 6) is 1.11.